The number of halogens is 1. The molecular weight excluding hydrogens is 329 g/mol. The summed E-state index contributed by atoms with van der Waals surface area (Å²) in [6.45, 7) is 2.51. The quantitative estimate of drug-likeness (QED) is 0.566. The van der Waals surface area contributed by atoms with E-state index in [-0.39, 0.29) is 5.82 Å². The van der Waals surface area contributed by atoms with Gasteiger partial charge in [-0.15, -0.1) is 5.10 Å². The molecule has 0 atom stereocenters. The molecule has 0 fully saturated rings. The fourth-order valence-corrected chi connectivity index (χ4v) is 2.94. The predicted octanol–water partition coefficient (Wildman–Crippen LogP) is 3.86. The second-order valence-electron chi connectivity index (χ2n) is 6.01. The van der Waals surface area contributed by atoms with Crippen LogP contribution in [0.1, 0.15) is 16.8 Å². The van der Waals surface area contributed by atoms with Crippen molar-refractivity contribution in [3.05, 3.63) is 77.4 Å². The van der Waals surface area contributed by atoms with Crippen molar-refractivity contribution in [3.8, 4) is 17.3 Å². The lowest BCUT2D eigenvalue weighted by molar-refractivity contribution is 0.629. The van der Waals surface area contributed by atoms with Gasteiger partial charge < -0.3 is 0 Å². The highest BCUT2D eigenvalue weighted by Gasteiger charge is 2.14. The van der Waals surface area contributed by atoms with Gasteiger partial charge in [-0.3, -0.25) is 4.98 Å². The molecule has 4 aromatic rings. The van der Waals surface area contributed by atoms with E-state index in [2.05, 4.69) is 21.4 Å². The molecule has 0 aliphatic rings. The minimum Gasteiger partial charge on any atom is -0.256 e. The Labute approximate surface area is 149 Å². The van der Waals surface area contributed by atoms with Crippen molar-refractivity contribution < 1.29 is 4.39 Å². The Morgan fingerprint density at radius 1 is 1.12 bits per heavy atom. The molecule has 2 aromatic carbocycles. The van der Waals surface area contributed by atoms with Crippen molar-refractivity contribution >= 4 is 10.9 Å². The van der Waals surface area contributed by atoms with Gasteiger partial charge in [0.1, 0.15) is 11.5 Å². The molecule has 2 aromatic heterocycles. The first-order chi connectivity index (χ1) is 12.7. The van der Waals surface area contributed by atoms with E-state index >= 15 is 0 Å². The van der Waals surface area contributed by atoms with E-state index < -0.39 is 0 Å². The maximum atomic E-state index is 13.5. The summed E-state index contributed by atoms with van der Waals surface area (Å²) < 4.78 is 15.3. The van der Waals surface area contributed by atoms with Gasteiger partial charge in [-0.05, 0) is 42.8 Å². The summed E-state index contributed by atoms with van der Waals surface area (Å²) in [5, 5.41) is 18.3. The lowest BCUT2D eigenvalue weighted by Crippen LogP contribution is -2.04. The third-order valence-corrected chi connectivity index (χ3v) is 4.36. The molecule has 0 unspecified atom stereocenters. The maximum Gasteiger partial charge on any atom is 0.125 e. The highest BCUT2D eigenvalue weighted by Crippen LogP contribution is 2.28. The van der Waals surface area contributed by atoms with E-state index in [1.807, 2.05) is 29.8 Å². The third kappa shape index (κ3) is 2.80. The van der Waals surface area contributed by atoms with Gasteiger partial charge in [0.05, 0.1) is 29.4 Å². The topological polar surface area (TPSA) is 67.4 Å². The summed E-state index contributed by atoms with van der Waals surface area (Å²) in [6, 6.07) is 15.9. The smallest absolute Gasteiger partial charge is 0.125 e. The maximum absolute atomic E-state index is 13.5. The molecule has 2 heterocycles. The van der Waals surface area contributed by atoms with Gasteiger partial charge in [0, 0.05) is 23.2 Å². The first-order valence-corrected chi connectivity index (χ1v) is 8.09. The van der Waals surface area contributed by atoms with Gasteiger partial charge >= 0.3 is 0 Å². The predicted molar refractivity (Wildman–Crippen MR) is 95.7 cm³/mol. The number of hydrogen-bond acceptors (Lipinski definition) is 4. The molecule has 26 heavy (non-hydrogen) atoms. The van der Waals surface area contributed by atoms with E-state index in [1.165, 1.54) is 12.1 Å². The first-order valence-electron chi connectivity index (χ1n) is 8.09. The van der Waals surface area contributed by atoms with Gasteiger partial charge in [0.2, 0.25) is 0 Å². The summed E-state index contributed by atoms with van der Waals surface area (Å²) in [5.74, 6) is -0.316. The van der Waals surface area contributed by atoms with Gasteiger partial charge in [0.15, 0.2) is 0 Å². The molecule has 126 valence electrons. The van der Waals surface area contributed by atoms with Crippen LogP contribution < -0.4 is 0 Å². The Balaban J connectivity index is 1.72. The summed E-state index contributed by atoms with van der Waals surface area (Å²) in [7, 11) is 0. The van der Waals surface area contributed by atoms with Crippen LogP contribution in [0.5, 0.6) is 0 Å². The lowest BCUT2D eigenvalue weighted by atomic mass is 10.0. The number of nitriles is 1. The molecule has 0 saturated heterocycles. The van der Waals surface area contributed by atoms with Crippen molar-refractivity contribution in [2.75, 3.05) is 0 Å². The Morgan fingerprint density at radius 2 is 1.92 bits per heavy atom. The van der Waals surface area contributed by atoms with Gasteiger partial charge in [-0.25, -0.2) is 9.07 Å². The highest BCUT2D eigenvalue weighted by molar-refractivity contribution is 5.93. The molecule has 0 radical (unpaired) electrons. The second kappa shape index (κ2) is 6.37. The zero-order valence-electron chi connectivity index (χ0n) is 14.0. The number of fused-ring (bicyclic) bond motifs is 1. The molecule has 0 amide bonds. The summed E-state index contributed by atoms with van der Waals surface area (Å²) >= 11 is 0. The van der Waals surface area contributed by atoms with E-state index in [1.54, 1.807) is 24.4 Å². The number of benzene rings is 2. The van der Waals surface area contributed by atoms with E-state index in [0.717, 1.165) is 27.9 Å². The Bertz CT molecular complexity index is 1140. The zero-order chi connectivity index (χ0) is 18.1. The molecule has 0 aliphatic heterocycles. The van der Waals surface area contributed by atoms with Crippen molar-refractivity contribution in [3.63, 3.8) is 0 Å². The standard InChI is InChI=1S/C20H14FN5/c1-13-20(18-8-9-23-19-10-16(21)6-7-17(18)19)24-25-26(13)12-15-4-2-14(11-22)3-5-15/h2-10H,12H2,1H3. The Hall–Kier alpha value is -3.59. The zero-order valence-corrected chi connectivity index (χ0v) is 14.0. The van der Waals surface area contributed by atoms with Gasteiger partial charge in [-0.2, -0.15) is 5.26 Å². The summed E-state index contributed by atoms with van der Waals surface area (Å²) in [4.78, 5) is 4.23. The van der Waals surface area contributed by atoms with Crippen LogP contribution in [0.4, 0.5) is 4.39 Å². The Kier molecular flexibility index (Phi) is 3.90. The minimum absolute atomic E-state index is 0.316. The van der Waals surface area contributed by atoms with Crippen molar-refractivity contribution in [1.29, 1.82) is 5.26 Å². The fraction of sp³-hybridized carbons (Fsp3) is 0.100. The van der Waals surface area contributed by atoms with Crippen LogP contribution in [-0.2, 0) is 6.54 Å². The van der Waals surface area contributed by atoms with Gasteiger partial charge in [0.25, 0.3) is 0 Å². The van der Waals surface area contributed by atoms with Crippen molar-refractivity contribution in [2.24, 2.45) is 0 Å². The molecule has 0 aliphatic carbocycles. The summed E-state index contributed by atoms with van der Waals surface area (Å²) in [5.41, 5.74) is 4.77. The fourth-order valence-electron chi connectivity index (χ4n) is 2.94. The van der Waals surface area contributed by atoms with Crippen LogP contribution in [0.2, 0.25) is 0 Å². The monoisotopic (exact) mass is 343 g/mol. The number of pyridine rings is 1. The molecule has 5 nitrogen and oxygen atoms in total. The molecule has 0 bridgehead atoms. The van der Waals surface area contributed by atoms with Crippen LogP contribution in [0.3, 0.4) is 0 Å². The molecule has 0 spiro atoms. The van der Waals surface area contributed by atoms with Crippen molar-refractivity contribution in [1.82, 2.24) is 20.0 Å². The molecule has 6 heteroatoms. The number of rotatable bonds is 3. The molecule has 4 rings (SSSR count). The van der Waals surface area contributed by atoms with Crippen LogP contribution in [-0.4, -0.2) is 20.0 Å². The van der Waals surface area contributed by atoms with Crippen LogP contribution >= 0.6 is 0 Å². The third-order valence-electron chi connectivity index (χ3n) is 4.36. The number of nitrogens with zero attached hydrogens (tertiary/aromatic N) is 5. The normalized spacial score (nSPS) is 10.8. The minimum atomic E-state index is -0.316. The van der Waals surface area contributed by atoms with Crippen LogP contribution in [0.25, 0.3) is 22.2 Å². The molecule has 0 N–H and O–H groups in total. The van der Waals surface area contributed by atoms with E-state index in [4.69, 9.17) is 5.26 Å². The lowest BCUT2D eigenvalue weighted by Gasteiger charge is -2.06. The SMILES string of the molecule is Cc1c(-c2ccnc3cc(F)ccc23)nnn1Cc1ccc(C#N)cc1. The highest BCUT2D eigenvalue weighted by atomic mass is 19.1. The summed E-state index contributed by atoms with van der Waals surface area (Å²) in [6.07, 6.45) is 1.65. The number of hydrogen-bond donors (Lipinski definition) is 0. The van der Waals surface area contributed by atoms with Crippen LogP contribution in [0, 0.1) is 24.1 Å². The average Bonchev–Trinajstić information content (AvgIpc) is 3.02. The second-order valence-corrected chi connectivity index (χ2v) is 6.01. The van der Waals surface area contributed by atoms with Crippen LogP contribution in [0.15, 0.2) is 54.7 Å². The van der Waals surface area contributed by atoms with Crippen molar-refractivity contribution in [2.45, 2.75) is 13.5 Å². The number of aromatic nitrogens is 4. The van der Waals surface area contributed by atoms with E-state index in [9.17, 15) is 4.39 Å². The average molecular weight is 343 g/mol. The molecule has 0 saturated carbocycles. The Morgan fingerprint density at radius 3 is 2.69 bits per heavy atom. The first kappa shape index (κ1) is 15.9. The van der Waals surface area contributed by atoms with Gasteiger partial charge in [-0.1, -0.05) is 17.3 Å². The largest absolute Gasteiger partial charge is 0.256 e. The van der Waals surface area contributed by atoms with E-state index in [0.29, 0.717) is 17.6 Å². The molecular formula is C20H14FN5.